The molecule has 1 aliphatic rings. The molecule has 25 heavy (non-hydrogen) atoms. The van der Waals surface area contributed by atoms with Gasteiger partial charge in [0.15, 0.2) is 0 Å². The molecule has 1 N–H and O–H groups in total. The van der Waals surface area contributed by atoms with E-state index in [1.54, 1.807) is 18.1 Å². The fraction of sp³-hybridized carbons (Fsp3) is 0.529. The van der Waals surface area contributed by atoms with Crippen molar-refractivity contribution in [3.05, 3.63) is 42.5 Å². The Bertz CT molecular complexity index is 768. The van der Waals surface area contributed by atoms with Crippen LogP contribution in [0.5, 0.6) is 0 Å². The van der Waals surface area contributed by atoms with Crippen molar-refractivity contribution in [2.75, 3.05) is 7.05 Å². The quantitative estimate of drug-likeness (QED) is 0.855. The second kappa shape index (κ2) is 7.63. The van der Waals surface area contributed by atoms with Gasteiger partial charge in [0.2, 0.25) is 0 Å². The standard InChI is InChI=1S/C17H25N5O2S/c1-14(15-8-10-17(11-9-15)22-13-18-12-19-22)20-25(23,24)21(2)16-6-4-3-5-7-16/h8-14,16,20H,3-7H2,1-2H3. The van der Waals surface area contributed by atoms with E-state index in [4.69, 9.17) is 0 Å². The Morgan fingerprint density at radius 1 is 1.20 bits per heavy atom. The van der Waals surface area contributed by atoms with Crippen molar-refractivity contribution in [3.63, 3.8) is 0 Å². The van der Waals surface area contributed by atoms with Gasteiger partial charge in [-0.2, -0.15) is 22.5 Å². The first kappa shape index (κ1) is 18.0. The molecule has 1 aromatic heterocycles. The first-order chi connectivity index (χ1) is 12.0. The van der Waals surface area contributed by atoms with Crippen LogP contribution in [0, 0.1) is 0 Å². The van der Waals surface area contributed by atoms with E-state index in [-0.39, 0.29) is 12.1 Å². The lowest BCUT2D eigenvalue weighted by atomic mass is 9.96. The summed E-state index contributed by atoms with van der Waals surface area (Å²) in [6.45, 7) is 1.86. The summed E-state index contributed by atoms with van der Waals surface area (Å²) in [6.07, 6.45) is 8.39. The average Bonchev–Trinajstić information content (AvgIpc) is 3.16. The topological polar surface area (TPSA) is 80.1 Å². The van der Waals surface area contributed by atoms with E-state index in [1.165, 1.54) is 17.1 Å². The van der Waals surface area contributed by atoms with Crippen LogP contribution in [-0.2, 0) is 10.2 Å². The molecule has 7 nitrogen and oxygen atoms in total. The van der Waals surface area contributed by atoms with Gasteiger partial charge in [0.1, 0.15) is 12.7 Å². The van der Waals surface area contributed by atoms with Crippen molar-refractivity contribution in [1.29, 1.82) is 0 Å². The smallest absolute Gasteiger partial charge is 0.223 e. The average molecular weight is 363 g/mol. The number of rotatable bonds is 6. The Hall–Kier alpha value is -1.77. The number of hydrogen-bond acceptors (Lipinski definition) is 4. The maximum Gasteiger partial charge on any atom is 0.279 e. The first-order valence-electron chi connectivity index (χ1n) is 8.67. The van der Waals surface area contributed by atoms with E-state index >= 15 is 0 Å². The molecule has 0 aliphatic heterocycles. The molecule has 0 saturated heterocycles. The van der Waals surface area contributed by atoms with E-state index in [1.807, 2.05) is 31.2 Å². The fourth-order valence-electron chi connectivity index (χ4n) is 3.27. The fourth-order valence-corrected chi connectivity index (χ4v) is 4.63. The van der Waals surface area contributed by atoms with E-state index in [0.717, 1.165) is 36.9 Å². The van der Waals surface area contributed by atoms with Crippen LogP contribution in [0.3, 0.4) is 0 Å². The second-order valence-electron chi connectivity index (χ2n) is 6.58. The van der Waals surface area contributed by atoms with Gasteiger partial charge in [-0.25, -0.2) is 9.67 Å². The number of nitrogens with zero attached hydrogens (tertiary/aromatic N) is 4. The third-order valence-electron chi connectivity index (χ3n) is 4.87. The van der Waals surface area contributed by atoms with Gasteiger partial charge < -0.3 is 0 Å². The van der Waals surface area contributed by atoms with Gasteiger partial charge in [-0.05, 0) is 37.5 Å². The lowest BCUT2D eigenvalue weighted by molar-refractivity contribution is 0.281. The van der Waals surface area contributed by atoms with Crippen LogP contribution in [0.15, 0.2) is 36.9 Å². The molecule has 3 rings (SSSR count). The first-order valence-corrected chi connectivity index (χ1v) is 10.1. The van der Waals surface area contributed by atoms with Crippen LogP contribution >= 0.6 is 0 Å². The predicted octanol–water partition coefficient (Wildman–Crippen LogP) is 2.43. The molecule has 8 heteroatoms. The van der Waals surface area contributed by atoms with Gasteiger partial charge in [0, 0.05) is 19.1 Å². The van der Waals surface area contributed by atoms with E-state index in [0.29, 0.717) is 0 Å². The van der Waals surface area contributed by atoms with Crippen LogP contribution in [0.4, 0.5) is 0 Å². The number of aromatic nitrogens is 3. The van der Waals surface area contributed by atoms with Gasteiger partial charge in [-0.3, -0.25) is 0 Å². The highest BCUT2D eigenvalue weighted by Gasteiger charge is 2.28. The second-order valence-corrected chi connectivity index (χ2v) is 8.35. The Balaban J connectivity index is 1.67. The van der Waals surface area contributed by atoms with Gasteiger partial charge in [-0.15, -0.1) is 0 Å². The van der Waals surface area contributed by atoms with Crippen LogP contribution in [-0.4, -0.2) is 40.6 Å². The molecule has 1 saturated carbocycles. The van der Waals surface area contributed by atoms with Crippen molar-refractivity contribution in [2.24, 2.45) is 0 Å². The van der Waals surface area contributed by atoms with E-state index in [2.05, 4.69) is 14.8 Å². The molecule has 1 atom stereocenters. The highest BCUT2D eigenvalue weighted by atomic mass is 32.2. The summed E-state index contributed by atoms with van der Waals surface area (Å²) in [7, 11) is -1.83. The number of hydrogen-bond donors (Lipinski definition) is 1. The van der Waals surface area contributed by atoms with Crippen molar-refractivity contribution in [1.82, 2.24) is 23.8 Å². The molecule has 1 aromatic carbocycles. The third kappa shape index (κ3) is 4.26. The van der Waals surface area contributed by atoms with Crippen molar-refractivity contribution in [2.45, 2.75) is 51.1 Å². The maximum absolute atomic E-state index is 12.7. The summed E-state index contributed by atoms with van der Waals surface area (Å²) >= 11 is 0. The van der Waals surface area contributed by atoms with Gasteiger partial charge in [-0.1, -0.05) is 31.4 Å². The highest BCUT2D eigenvalue weighted by Crippen LogP contribution is 2.24. The predicted molar refractivity (Wildman–Crippen MR) is 96.5 cm³/mol. The molecule has 1 heterocycles. The molecule has 1 unspecified atom stereocenters. The molecule has 1 aliphatic carbocycles. The van der Waals surface area contributed by atoms with Crippen molar-refractivity contribution in [3.8, 4) is 5.69 Å². The summed E-state index contributed by atoms with van der Waals surface area (Å²) in [6, 6.07) is 7.42. The lowest BCUT2D eigenvalue weighted by Crippen LogP contribution is -2.45. The molecule has 0 bridgehead atoms. The van der Waals surface area contributed by atoms with Crippen LogP contribution in [0.2, 0.25) is 0 Å². The third-order valence-corrected chi connectivity index (χ3v) is 6.58. The minimum absolute atomic E-state index is 0.105. The summed E-state index contributed by atoms with van der Waals surface area (Å²) in [5.74, 6) is 0. The van der Waals surface area contributed by atoms with Gasteiger partial charge in [0.05, 0.1) is 5.69 Å². The molecule has 2 aromatic rings. The molecule has 1 fully saturated rings. The largest absolute Gasteiger partial charge is 0.279 e. The van der Waals surface area contributed by atoms with Gasteiger partial charge >= 0.3 is 0 Å². The normalized spacial score (nSPS) is 17.7. The summed E-state index contributed by atoms with van der Waals surface area (Å²) in [5.41, 5.74) is 1.79. The molecular weight excluding hydrogens is 338 g/mol. The minimum atomic E-state index is -3.50. The zero-order valence-corrected chi connectivity index (χ0v) is 15.5. The molecule has 0 radical (unpaired) electrons. The minimum Gasteiger partial charge on any atom is -0.223 e. The maximum atomic E-state index is 12.7. The van der Waals surface area contributed by atoms with Crippen LogP contribution in [0.25, 0.3) is 5.69 Å². The number of benzene rings is 1. The lowest BCUT2D eigenvalue weighted by Gasteiger charge is -2.31. The Kier molecular flexibility index (Phi) is 5.51. The zero-order valence-electron chi connectivity index (χ0n) is 14.7. The van der Waals surface area contributed by atoms with Gasteiger partial charge in [0.25, 0.3) is 10.2 Å². The summed E-state index contributed by atoms with van der Waals surface area (Å²) in [4.78, 5) is 3.92. The summed E-state index contributed by atoms with van der Waals surface area (Å²) < 4.78 is 31.3. The van der Waals surface area contributed by atoms with E-state index in [9.17, 15) is 8.42 Å². The van der Waals surface area contributed by atoms with Crippen molar-refractivity contribution >= 4 is 10.2 Å². The number of nitrogens with one attached hydrogen (secondary N) is 1. The Labute approximate surface area is 149 Å². The molecular formula is C17H25N5O2S. The molecule has 0 amide bonds. The van der Waals surface area contributed by atoms with Crippen LogP contribution in [0.1, 0.15) is 50.6 Å². The van der Waals surface area contributed by atoms with Crippen molar-refractivity contribution < 1.29 is 8.42 Å². The van der Waals surface area contributed by atoms with E-state index < -0.39 is 10.2 Å². The Morgan fingerprint density at radius 3 is 2.48 bits per heavy atom. The zero-order chi connectivity index (χ0) is 17.9. The molecule has 0 spiro atoms. The highest BCUT2D eigenvalue weighted by molar-refractivity contribution is 7.87. The Morgan fingerprint density at radius 2 is 1.88 bits per heavy atom. The summed E-state index contributed by atoms with van der Waals surface area (Å²) in [5, 5.41) is 4.08. The van der Waals surface area contributed by atoms with Crippen LogP contribution < -0.4 is 4.72 Å². The SMILES string of the molecule is CC(NS(=O)(=O)N(C)C1CCCCC1)c1ccc(-n2cncn2)cc1. The monoisotopic (exact) mass is 363 g/mol. The molecule has 136 valence electrons.